The third-order valence-corrected chi connectivity index (χ3v) is 2.35. The number of nitrogens with zero attached hydrogens (tertiary/aromatic N) is 6. The average molecular weight is 207 g/mol. The molecule has 2 heterocycles. The van der Waals surface area contributed by atoms with Crippen LogP contribution >= 0.6 is 0 Å². The maximum absolute atomic E-state index is 4.28. The quantitative estimate of drug-likeness (QED) is 0.686. The van der Waals surface area contributed by atoms with Crippen LogP contribution in [-0.2, 0) is 6.54 Å². The molecule has 0 saturated carbocycles. The van der Waals surface area contributed by atoms with E-state index in [1.165, 1.54) is 0 Å². The molecule has 0 N–H and O–H groups in total. The number of likely N-dealkylation sites (N-methyl/N-ethyl adjacent to an activating group) is 2. The van der Waals surface area contributed by atoms with Gasteiger partial charge in [-0.2, -0.15) is 5.01 Å². The maximum atomic E-state index is 4.28. The summed E-state index contributed by atoms with van der Waals surface area (Å²) in [5.41, 5.74) is 0.888. The lowest BCUT2D eigenvalue weighted by atomic mass is 10.2. The zero-order chi connectivity index (χ0) is 10.8. The van der Waals surface area contributed by atoms with Crippen LogP contribution in [0.25, 0.3) is 0 Å². The number of hydrogen-bond acceptors (Lipinski definition) is 4. The molecule has 0 amide bonds. The van der Waals surface area contributed by atoms with Crippen LogP contribution in [0.5, 0.6) is 0 Å². The van der Waals surface area contributed by atoms with E-state index in [1.54, 1.807) is 9.38 Å². The molecule has 1 aromatic rings. The minimum Gasteiger partial charge on any atom is -0.252 e. The van der Waals surface area contributed by atoms with E-state index in [2.05, 4.69) is 22.1 Å². The van der Waals surface area contributed by atoms with E-state index >= 15 is 0 Å². The van der Waals surface area contributed by atoms with E-state index in [9.17, 15) is 0 Å². The predicted molar refractivity (Wildman–Crippen MR) is 52.7 cm³/mol. The number of rotatable bonds is 3. The van der Waals surface area contributed by atoms with E-state index in [4.69, 9.17) is 0 Å². The van der Waals surface area contributed by atoms with Gasteiger partial charge < -0.3 is 0 Å². The highest BCUT2D eigenvalue weighted by atomic mass is 15.6. The van der Waals surface area contributed by atoms with Gasteiger partial charge in [0.1, 0.15) is 12.2 Å². The van der Waals surface area contributed by atoms with Crippen LogP contribution in [0, 0.1) is 6.54 Å². The van der Waals surface area contributed by atoms with Crippen molar-refractivity contribution in [2.45, 2.75) is 26.4 Å². The average Bonchev–Trinajstić information content (AvgIpc) is 2.83. The first kappa shape index (κ1) is 10.1. The third kappa shape index (κ3) is 1.84. The Labute approximate surface area is 89.2 Å². The Kier molecular flexibility index (Phi) is 2.66. The van der Waals surface area contributed by atoms with Gasteiger partial charge in [-0.15, -0.1) is 9.80 Å². The highest BCUT2D eigenvalue weighted by Crippen LogP contribution is 2.25. The summed E-state index contributed by atoms with van der Waals surface area (Å²) in [6, 6.07) is -0.00903. The molecule has 1 aliphatic heterocycles. The summed E-state index contributed by atoms with van der Waals surface area (Å²) in [6.45, 7) is 8.95. The third-order valence-electron chi connectivity index (χ3n) is 2.35. The lowest BCUT2D eigenvalue weighted by molar-refractivity contribution is -0.548. The van der Waals surface area contributed by atoms with Crippen molar-refractivity contribution in [3.63, 3.8) is 0 Å². The largest absolute Gasteiger partial charge is 0.283 e. The maximum Gasteiger partial charge on any atom is 0.283 e. The summed E-state index contributed by atoms with van der Waals surface area (Å²) in [6.07, 6.45) is 1.93. The molecule has 2 rings (SSSR count). The van der Waals surface area contributed by atoms with Crippen molar-refractivity contribution in [1.82, 2.24) is 20.0 Å². The molecule has 0 bridgehead atoms. The fourth-order valence-corrected chi connectivity index (χ4v) is 1.48. The first-order valence-electron chi connectivity index (χ1n) is 5.12. The standard InChI is InChI=1S/C9H15N6/c1-4-14-6-8(10-11-14)9-7-15(5-2)12-13(9)3/h6,9H,4-5H2,1-3H3/q+1. The Morgan fingerprint density at radius 3 is 2.87 bits per heavy atom. The SMILES string of the molecule is CCn1cc(C2[C][N+](CC)=NN2C)nn1. The molecule has 6 nitrogen and oxygen atoms in total. The molecule has 0 fully saturated rings. The van der Waals surface area contributed by atoms with Gasteiger partial charge in [0, 0.05) is 6.54 Å². The van der Waals surface area contributed by atoms with Crippen LogP contribution in [0.4, 0.5) is 0 Å². The van der Waals surface area contributed by atoms with Crippen molar-refractivity contribution < 1.29 is 4.70 Å². The summed E-state index contributed by atoms with van der Waals surface area (Å²) < 4.78 is 3.59. The molecule has 0 saturated heterocycles. The van der Waals surface area contributed by atoms with Crippen molar-refractivity contribution in [3.05, 3.63) is 18.4 Å². The second kappa shape index (κ2) is 3.96. The van der Waals surface area contributed by atoms with Gasteiger partial charge >= 0.3 is 0 Å². The van der Waals surface area contributed by atoms with E-state index in [1.807, 2.05) is 32.1 Å². The lowest BCUT2D eigenvalue weighted by Gasteiger charge is -2.03. The van der Waals surface area contributed by atoms with Crippen molar-refractivity contribution in [2.75, 3.05) is 13.6 Å². The molecule has 0 aliphatic carbocycles. The second-order valence-corrected chi connectivity index (χ2v) is 3.41. The molecule has 2 radical (unpaired) electrons. The predicted octanol–water partition coefficient (Wildman–Crippen LogP) is 0.723. The van der Waals surface area contributed by atoms with Crippen LogP contribution in [0.2, 0.25) is 0 Å². The van der Waals surface area contributed by atoms with E-state index < -0.39 is 0 Å². The van der Waals surface area contributed by atoms with E-state index in [0.717, 1.165) is 18.8 Å². The van der Waals surface area contributed by atoms with E-state index in [0.29, 0.717) is 0 Å². The molecule has 1 aliphatic rings. The Bertz CT molecular complexity index is 368. The van der Waals surface area contributed by atoms with Crippen LogP contribution in [0.1, 0.15) is 25.6 Å². The summed E-state index contributed by atoms with van der Waals surface area (Å²) >= 11 is 0. The van der Waals surface area contributed by atoms with Crippen molar-refractivity contribution in [3.8, 4) is 0 Å². The summed E-state index contributed by atoms with van der Waals surface area (Å²) in [5, 5.41) is 14.2. The molecule has 6 heteroatoms. The van der Waals surface area contributed by atoms with Crippen molar-refractivity contribution >= 4 is 0 Å². The lowest BCUT2D eigenvalue weighted by Crippen LogP contribution is -2.15. The van der Waals surface area contributed by atoms with Gasteiger partial charge in [0.25, 0.3) is 6.54 Å². The first-order valence-corrected chi connectivity index (χ1v) is 5.12. The van der Waals surface area contributed by atoms with E-state index in [-0.39, 0.29) is 6.04 Å². The molecule has 1 unspecified atom stereocenters. The molecule has 15 heavy (non-hydrogen) atoms. The smallest absolute Gasteiger partial charge is 0.252 e. The van der Waals surface area contributed by atoms with Crippen LogP contribution in [0.15, 0.2) is 11.4 Å². The summed E-state index contributed by atoms with van der Waals surface area (Å²) in [5.74, 6) is 0. The Morgan fingerprint density at radius 2 is 2.33 bits per heavy atom. The van der Waals surface area contributed by atoms with Crippen molar-refractivity contribution in [1.29, 1.82) is 0 Å². The first-order chi connectivity index (χ1) is 7.24. The summed E-state index contributed by atoms with van der Waals surface area (Å²) in [4.78, 5) is 0. The number of hydrogen-bond donors (Lipinski definition) is 0. The molecule has 80 valence electrons. The molecular weight excluding hydrogens is 192 g/mol. The van der Waals surface area contributed by atoms with Crippen LogP contribution in [0.3, 0.4) is 0 Å². The molecule has 0 aromatic carbocycles. The fourth-order valence-electron chi connectivity index (χ4n) is 1.48. The number of aryl methyl sites for hydroxylation is 1. The number of aromatic nitrogens is 3. The molecular formula is C9H15N6+. The van der Waals surface area contributed by atoms with Gasteiger partial charge in [0.2, 0.25) is 6.04 Å². The fraction of sp³-hybridized carbons (Fsp3) is 0.667. The monoisotopic (exact) mass is 207 g/mol. The van der Waals surface area contributed by atoms with Gasteiger partial charge in [-0.25, -0.2) is 0 Å². The normalized spacial score (nSPS) is 20.9. The summed E-state index contributed by atoms with van der Waals surface area (Å²) in [7, 11) is 1.91. The topological polar surface area (TPSA) is 49.3 Å². The van der Waals surface area contributed by atoms with Gasteiger partial charge in [0.15, 0.2) is 0 Å². The Hall–Kier alpha value is -1.46. The highest BCUT2D eigenvalue weighted by Gasteiger charge is 2.36. The molecule has 1 atom stereocenters. The van der Waals surface area contributed by atoms with Gasteiger partial charge in [-0.3, -0.25) is 4.68 Å². The Balaban J connectivity index is 2.13. The van der Waals surface area contributed by atoms with Crippen molar-refractivity contribution in [2.24, 2.45) is 5.22 Å². The van der Waals surface area contributed by atoms with Gasteiger partial charge in [-0.1, -0.05) is 5.21 Å². The van der Waals surface area contributed by atoms with Gasteiger partial charge in [-0.05, 0) is 13.8 Å². The second-order valence-electron chi connectivity index (χ2n) is 3.41. The van der Waals surface area contributed by atoms with Gasteiger partial charge in [0.05, 0.1) is 18.5 Å². The Morgan fingerprint density at radius 1 is 1.53 bits per heavy atom. The van der Waals surface area contributed by atoms with Crippen LogP contribution in [-0.4, -0.2) is 38.3 Å². The van der Waals surface area contributed by atoms with Crippen LogP contribution < -0.4 is 0 Å². The minimum absolute atomic E-state index is 0.00903. The zero-order valence-corrected chi connectivity index (χ0v) is 9.25. The zero-order valence-electron chi connectivity index (χ0n) is 9.25. The molecule has 1 aromatic heterocycles. The minimum atomic E-state index is -0.00903. The highest BCUT2D eigenvalue weighted by molar-refractivity contribution is 5.04. The molecule has 0 spiro atoms.